The van der Waals surface area contributed by atoms with Gasteiger partial charge in [-0.3, -0.25) is 0 Å². The van der Waals surface area contributed by atoms with Crippen LogP contribution < -0.4 is 4.74 Å². The van der Waals surface area contributed by atoms with Gasteiger partial charge in [0.1, 0.15) is 11.9 Å². The number of nitriles is 1. The van der Waals surface area contributed by atoms with Crippen LogP contribution in [0.5, 0.6) is 5.75 Å². The second-order valence-electron chi connectivity index (χ2n) is 8.17. The van der Waals surface area contributed by atoms with Crippen molar-refractivity contribution >= 4 is 15.7 Å². The van der Waals surface area contributed by atoms with E-state index in [0.717, 1.165) is 48.4 Å². The summed E-state index contributed by atoms with van der Waals surface area (Å²) in [5.74, 6) is -0.193. The lowest BCUT2D eigenvalue weighted by Crippen LogP contribution is -2.40. The van der Waals surface area contributed by atoms with Crippen molar-refractivity contribution < 1.29 is 31.2 Å². The number of piperidine rings is 1. The van der Waals surface area contributed by atoms with Gasteiger partial charge in [0.15, 0.2) is 0 Å². The Kier molecular flexibility index (Phi) is 6.81. The molecule has 0 bridgehead atoms. The first-order valence-electron chi connectivity index (χ1n) is 10.8. The van der Waals surface area contributed by atoms with E-state index in [0.29, 0.717) is 24.3 Å². The van der Waals surface area contributed by atoms with Gasteiger partial charge in [-0.05, 0) is 49.2 Å². The molecular formula is C23H22F3N3O4S. The first-order chi connectivity index (χ1) is 16.2. The molecule has 0 spiro atoms. The molecule has 0 amide bonds. The smallest absolute Gasteiger partial charge is 0.406 e. The lowest BCUT2D eigenvalue weighted by molar-refractivity contribution is -0.274. The fourth-order valence-electron chi connectivity index (χ4n) is 3.74. The van der Waals surface area contributed by atoms with E-state index in [1.807, 2.05) is 6.07 Å². The Morgan fingerprint density at radius 2 is 1.74 bits per heavy atom. The third-order valence-electron chi connectivity index (χ3n) is 5.65. The monoisotopic (exact) mass is 493 g/mol. The van der Waals surface area contributed by atoms with E-state index in [9.17, 15) is 21.6 Å². The van der Waals surface area contributed by atoms with Gasteiger partial charge in [0.25, 0.3) is 0 Å². The fourth-order valence-corrected chi connectivity index (χ4v) is 5.21. The van der Waals surface area contributed by atoms with Crippen LogP contribution in [0.25, 0.3) is 0 Å². The second kappa shape index (κ2) is 9.64. The van der Waals surface area contributed by atoms with Gasteiger partial charge in [-0.1, -0.05) is 17.3 Å². The normalized spacial score (nSPS) is 18.4. The number of ether oxygens (including phenoxy) is 1. The molecule has 11 heteroatoms. The highest BCUT2D eigenvalue weighted by Crippen LogP contribution is 2.34. The summed E-state index contributed by atoms with van der Waals surface area (Å²) in [4.78, 5) is 5.66. The molecule has 7 nitrogen and oxygen atoms in total. The molecule has 2 aromatic carbocycles. The molecule has 1 saturated carbocycles. The molecule has 1 saturated heterocycles. The lowest BCUT2D eigenvalue weighted by atomic mass is 10.0. The number of nitrogens with zero attached hydrogens (tertiary/aromatic N) is 3. The third-order valence-corrected chi connectivity index (χ3v) is 7.56. The molecule has 4 rings (SSSR count). The van der Waals surface area contributed by atoms with E-state index in [4.69, 9.17) is 10.1 Å². The topological polar surface area (TPSA) is 92.0 Å². The first-order valence-corrected chi connectivity index (χ1v) is 12.2. The van der Waals surface area contributed by atoms with Crippen molar-refractivity contribution in [3.63, 3.8) is 0 Å². The van der Waals surface area contributed by atoms with Crippen molar-refractivity contribution in [3.05, 3.63) is 59.7 Å². The van der Waals surface area contributed by atoms with Crippen LogP contribution in [0.4, 0.5) is 13.2 Å². The van der Waals surface area contributed by atoms with E-state index in [2.05, 4.69) is 16.0 Å². The Bertz CT molecular complexity index is 1200. The van der Waals surface area contributed by atoms with Crippen LogP contribution in [0.1, 0.15) is 36.8 Å². The quantitative estimate of drug-likeness (QED) is 0.420. The highest BCUT2D eigenvalue weighted by molar-refractivity contribution is 7.89. The second-order valence-corrected chi connectivity index (χ2v) is 10.1. The summed E-state index contributed by atoms with van der Waals surface area (Å²) in [6.45, 7) is 0.401. The summed E-state index contributed by atoms with van der Waals surface area (Å²) in [5.41, 5.74) is 2.19. The molecule has 1 aliphatic heterocycles. The molecule has 0 atom stereocenters. The standard InChI is InChI=1S/C23H22F3N3O4S/c24-23(25,26)32-19-6-8-21(9-7-19)34(30,31)29-12-10-20(11-13-29)33-28-22(17-4-5-17)18-3-1-2-16(14-18)15-27/h1-3,6-9,14,17,20H,4-5,10-13H2/b28-22-. The number of rotatable bonds is 7. The first kappa shape index (κ1) is 24.0. The van der Waals surface area contributed by atoms with Gasteiger partial charge in [-0.25, -0.2) is 8.42 Å². The van der Waals surface area contributed by atoms with E-state index < -0.39 is 22.1 Å². The number of halogens is 3. The molecule has 2 aromatic rings. The molecule has 34 heavy (non-hydrogen) atoms. The van der Waals surface area contributed by atoms with Crippen molar-refractivity contribution in [1.82, 2.24) is 4.31 Å². The van der Waals surface area contributed by atoms with Gasteiger partial charge in [-0.2, -0.15) is 9.57 Å². The van der Waals surface area contributed by atoms with Gasteiger partial charge in [0.2, 0.25) is 10.0 Å². The summed E-state index contributed by atoms with van der Waals surface area (Å²) in [6.07, 6.45) is -2.25. The molecule has 0 unspecified atom stereocenters. The van der Waals surface area contributed by atoms with Gasteiger partial charge >= 0.3 is 6.36 Å². The van der Waals surface area contributed by atoms with Crippen LogP contribution in [0.15, 0.2) is 58.6 Å². The molecule has 0 radical (unpaired) electrons. The van der Waals surface area contributed by atoms with Gasteiger partial charge in [0, 0.05) is 37.4 Å². The summed E-state index contributed by atoms with van der Waals surface area (Å²) in [5, 5.41) is 13.5. The Balaban J connectivity index is 1.37. The van der Waals surface area contributed by atoms with E-state index in [-0.39, 0.29) is 24.1 Å². The molecule has 0 N–H and O–H groups in total. The van der Waals surface area contributed by atoms with Crippen LogP contribution in [0, 0.1) is 17.2 Å². The van der Waals surface area contributed by atoms with E-state index in [1.54, 1.807) is 18.2 Å². The molecule has 1 aliphatic carbocycles. The number of sulfonamides is 1. The number of benzene rings is 2. The van der Waals surface area contributed by atoms with Crippen LogP contribution in [-0.2, 0) is 14.9 Å². The maximum atomic E-state index is 12.9. The minimum atomic E-state index is -4.84. The highest BCUT2D eigenvalue weighted by atomic mass is 32.2. The Morgan fingerprint density at radius 3 is 2.32 bits per heavy atom. The van der Waals surface area contributed by atoms with Crippen molar-refractivity contribution in [1.29, 1.82) is 5.26 Å². The zero-order valence-electron chi connectivity index (χ0n) is 18.0. The molecule has 180 valence electrons. The Morgan fingerprint density at radius 1 is 1.06 bits per heavy atom. The largest absolute Gasteiger partial charge is 0.573 e. The maximum absolute atomic E-state index is 12.9. The lowest BCUT2D eigenvalue weighted by Gasteiger charge is -2.30. The predicted octanol–water partition coefficient (Wildman–Crippen LogP) is 4.44. The molecule has 1 heterocycles. The SMILES string of the molecule is N#Cc1cccc(/C(=N\OC2CCN(S(=O)(=O)c3ccc(OC(F)(F)F)cc3)CC2)C2CC2)c1. The van der Waals surface area contributed by atoms with Crippen molar-refractivity contribution in [3.8, 4) is 11.8 Å². The average molecular weight is 494 g/mol. The van der Waals surface area contributed by atoms with Gasteiger partial charge < -0.3 is 9.57 Å². The fraction of sp³-hybridized carbons (Fsp3) is 0.391. The zero-order valence-corrected chi connectivity index (χ0v) is 18.8. The minimum absolute atomic E-state index is 0.104. The molecular weight excluding hydrogens is 471 g/mol. The maximum Gasteiger partial charge on any atom is 0.573 e. The predicted molar refractivity (Wildman–Crippen MR) is 116 cm³/mol. The summed E-state index contributed by atoms with van der Waals surface area (Å²) >= 11 is 0. The van der Waals surface area contributed by atoms with E-state index >= 15 is 0 Å². The van der Waals surface area contributed by atoms with Crippen LogP contribution in [0.3, 0.4) is 0 Å². The number of hydrogen-bond donors (Lipinski definition) is 0. The molecule has 2 aliphatic rings. The molecule has 0 aromatic heterocycles. The van der Waals surface area contributed by atoms with Crippen molar-refractivity contribution in [2.24, 2.45) is 11.1 Å². The number of oxime groups is 1. The highest BCUT2D eigenvalue weighted by Gasteiger charge is 2.33. The van der Waals surface area contributed by atoms with Crippen LogP contribution in [-0.4, -0.2) is 44.0 Å². The summed E-state index contributed by atoms with van der Waals surface area (Å²) < 4.78 is 67.7. The molecule has 2 fully saturated rings. The van der Waals surface area contributed by atoms with Gasteiger partial charge in [0.05, 0.1) is 22.2 Å². The zero-order chi connectivity index (χ0) is 24.3. The third kappa shape index (κ3) is 5.87. The van der Waals surface area contributed by atoms with Gasteiger partial charge in [-0.15, -0.1) is 13.2 Å². The summed E-state index contributed by atoms with van der Waals surface area (Å²) in [6, 6.07) is 13.5. The Labute approximate surface area is 195 Å². The summed E-state index contributed by atoms with van der Waals surface area (Å²) in [7, 11) is -3.86. The van der Waals surface area contributed by atoms with Crippen LogP contribution in [0.2, 0.25) is 0 Å². The van der Waals surface area contributed by atoms with Crippen LogP contribution >= 0.6 is 0 Å². The average Bonchev–Trinajstić information content (AvgIpc) is 3.64. The number of alkyl halides is 3. The van der Waals surface area contributed by atoms with E-state index in [1.165, 1.54) is 4.31 Å². The Hall–Kier alpha value is -3.10. The number of hydrogen-bond acceptors (Lipinski definition) is 6. The van der Waals surface area contributed by atoms with Crippen molar-refractivity contribution in [2.75, 3.05) is 13.1 Å². The minimum Gasteiger partial charge on any atom is -0.406 e. The van der Waals surface area contributed by atoms with Crippen molar-refractivity contribution in [2.45, 2.75) is 43.0 Å².